The van der Waals surface area contributed by atoms with E-state index in [0.717, 1.165) is 18.4 Å². The van der Waals surface area contributed by atoms with E-state index in [9.17, 15) is 13.2 Å². The lowest BCUT2D eigenvalue weighted by Crippen LogP contribution is -2.18. The minimum absolute atomic E-state index is 0.0443. The number of carbonyl (C=O) groups excluding carboxylic acids is 1. The number of hydrogen-bond acceptors (Lipinski definition) is 5. The van der Waals surface area contributed by atoms with Gasteiger partial charge >= 0.3 is 16.1 Å². The maximum Gasteiger partial charge on any atom is 0.346 e. The third-order valence-corrected chi connectivity index (χ3v) is 4.01. The molecule has 5 nitrogen and oxygen atoms in total. The van der Waals surface area contributed by atoms with E-state index < -0.39 is 16.1 Å². The van der Waals surface area contributed by atoms with E-state index in [0.29, 0.717) is 6.42 Å². The van der Waals surface area contributed by atoms with Crippen molar-refractivity contribution in [3.8, 4) is 0 Å². The fourth-order valence-electron chi connectivity index (χ4n) is 1.53. The summed E-state index contributed by atoms with van der Waals surface area (Å²) in [6.07, 6.45) is 2.48. The highest BCUT2D eigenvalue weighted by Gasteiger charge is 2.21. The Morgan fingerprint density at radius 2 is 1.85 bits per heavy atom. The van der Waals surface area contributed by atoms with Crippen molar-refractivity contribution in [1.82, 2.24) is 0 Å². The predicted octanol–water partition coefficient (Wildman–Crippen LogP) is 2.98. The number of unbranched alkanes of at least 4 members (excludes halogenated alkanes) is 1. The van der Waals surface area contributed by atoms with Crippen LogP contribution in [0.25, 0.3) is 0 Å². The molecule has 1 atom stereocenters. The molecule has 1 unspecified atom stereocenters. The Hall–Kier alpha value is -1.40. The van der Waals surface area contributed by atoms with Crippen molar-refractivity contribution in [2.24, 2.45) is 5.92 Å². The van der Waals surface area contributed by atoms with E-state index in [4.69, 9.17) is 0 Å². The van der Waals surface area contributed by atoms with Gasteiger partial charge in [-0.3, -0.25) is 4.89 Å². The third-order valence-electron chi connectivity index (χ3n) is 2.91. The Labute approximate surface area is 120 Å². The first-order chi connectivity index (χ1) is 9.36. The van der Waals surface area contributed by atoms with Gasteiger partial charge in [-0.15, -0.1) is 0 Å². The molecule has 0 bridgehead atoms. The van der Waals surface area contributed by atoms with E-state index in [1.54, 1.807) is 19.1 Å². The van der Waals surface area contributed by atoms with Crippen LogP contribution in [0.2, 0.25) is 0 Å². The number of rotatable bonds is 7. The summed E-state index contributed by atoms with van der Waals surface area (Å²) in [7, 11) is -4.07. The molecule has 0 fully saturated rings. The smallest absolute Gasteiger partial charge is 0.281 e. The Balaban J connectivity index is 2.59. The van der Waals surface area contributed by atoms with Gasteiger partial charge < -0.3 is 0 Å². The van der Waals surface area contributed by atoms with Crippen LogP contribution in [0.1, 0.15) is 38.7 Å². The van der Waals surface area contributed by atoms with Crippen molar-refractivity contribution in [2.45, 2.75) is 44.9 Å². The van der Waals surface area contributed by atoms with E-state index in [1.165, 1.54) is 12.1 Å². The topological polar surface area (TPSA) is 69.7 Å². The van der Waals surface area contributed by atoms with Gasteiger partial charge in [0.15, 0.2) is 0 Å². The lowest BCUT2D eigenvalue weighted by atomic mass is 10.1. The van der Waals surface area contributed by atoms with Crippen LogP contribution in [-0.2, 0) is 24.1 Å². The molecule has 0 radical (unpaired) electrons. The molecule has 0 aliphatic rings. The summed E-state index contributed by atoms with van der Waals surface area (Å²) in [5.41, 5.74) is 0.925. The molecule has 0 spiro atoms. The highest BCUT2D eigenvalue weighted by Crippen LogP contribution is 2.15. The zero-order chi connectivity index (χ0) is 15.2. The minimum atomic E-state index is -4.07. The van der Waals surface area contributed by atoms with Gasteiger partial charge in [0.05, 0.1) is 10.8 Å². The second-order valence-corrected chi connectivity index (χ2v) is 6.30. The van der Waals surface area contributed by atoms with Crippen molar-refractivity contribution < 1.29 is 22.4 Å². The predicted molar refractivity (Wildman–Crippen MR) is 74.2 cm³/mol. The fraction of sp³-hybridized carbons (Fsp3) is 0.500. The first kappa shape index (κ1) is 16.7. The molecule has 0 saturated heterocycles. The van der Waals surface area contributed by atoms with Crippen molar-refractivity contribution in [2.75, 3.05) is 0 Å². The van der Waals surface area contributed by atoms with Gasteiger partial charge in [0.1, 0.15) is 0 Å². The van der Waals surface area contributed by atoms with Gasteiger partial charge in [0, 0.05) is 0 Å². The van der Waals surface area contributed by atoms with Crippen LogP contribution in [0.15, 0.2) is 29.2 Å². The zero-order valence-electron chi connectivity index (χ0n) is 12.0. The molecule has 1 aromatic rings. The molecule has 1 rings (SSSR count). The third kappa shape index (κ3) is 4.94. The van der Waals surface area contributed by atoms with Gasteiger partial charge in [-0.05, 0) is 29.8 Å². The number of aryl methyl sites for hydroxylation is 1. The van der Waals surface area contributed by atoms with Crippen LogP contribution in [-0.4, -0.2) is 14.4 Å². The summed E-state index contributed by atoms with van der Waals surface area (Å²) in [5, 5.41) is 0. The summed E-state index contributed by atoms with van der Waals surface area (Å²) in [4.78, 5) is 15.9. The number of benzene rings is 1. The van der Waals surface area contributed by atoms with E-state index in [2.05, 4.69) is 9.22 Å². The quantitative estimate of drug-likeness (QED) is 0.572. The highest BCUT2D eigenvalue weighted by atomic mass is 32.2. The van der Waals surface area contributed by atoms with Gasteiger partial charge in [0.2, 0.25) is 0 Å². The molecule has 0 N–H and O–H groups in total. The molecule has 0 aliphatic carbocycles. The van der Waals surface area contributed by atoms with Crippen LogP contribution < -0.4 is 0 Å². The highest BCUT2D eigenvalue weighted by molar-refractivity contribution is 7.86. The molecule has 1 aromatic carbocycles. The van der Waals surface area contributed by atoms with Crippen molar-refractivity contribution >= 4 is 16.1 Å². The number of hydrogen-bond donors (Lipinski definition) is 0. The zero-order valence-corrected chi connectivity index (χ0v) is 12.8. The van der Waals surface area contributed by atoms with Gasteiger partial charge in [-0.25, -0.2) is 4.79 Å². The van der Waals surface area contributed by atoms with E-state index >= 15 is 0 Å². The Bertz CT molecular complexity index is 533. The van der Waals surface area contributed by atoms with Gasteiger partial charge in [-0.1, -0.05) is 44.4 Å². The lowest BCUT2D eigenvalue weighted by molar-refractivity contribution is -0.216. The molecule has 0 heterocycles. The standard InChI is InChI=1S/C14H20O5S/c1-4-5-6-12(3)14(15)18-19-20(16,17)13-9-7-11(2)8-10-13/h7-10,12H,4-6H2,1-3H3. The summed E-state index contributed by atoms with van der Waals surface area (Å²) >= 11 is 0. The Morgan fingerprint density at radius 3 is 2.40 bits per heavy atom. The largest absolute Gasteiger partial charge is 0.346 e. The molecule has 6 heteroatoms. The summed E-state index contributed by atoms with van der Waals surface area (Å²) in [6, 6.07) is 6.09. The summed E-state index contributed by atoms with van der Waals surface area (Å²) in [6.45, 7) is 5.53. The summed E-state index contributed by atoms with van der Waals surface area (Å²) in [5.74, 6) is -1.06. The first-order valence-corrected chi connectivity index (χ1v) is 7.99. The second-order valence-electron chi connectivity index (χ2n) is 4.78. The van der Waals surface area contributed by atoms with Crippen LogP contribution in [0, 0.1) is 12.8 Å². The average molecular weight is 300 g/mol. The van der Waals surface area contributed by atoms with Crippen LogP contribution >= 0.6 is 0 Å². The normalized spacial score (nSPS) is 12.9. The molecule has 0 aliphatic heterocycles. The van der Waals surface area contributed by atoms with Crippen LogP contribution in [0.4, 0.5) is 0 Å². The van der Waals surface area contributed by atoms with Crippen molar-refractivity contribution in [3.05, 3.63) is 29.8 Å². The number of carbonyl (C=O) groups is 1. The van der Waals surface area contributed by atoms with Crippen LogP contribution in [0.5, 0.6) is 0 Å². The average Bonchev–Trinajstić information content (AvgIpc) is 2.42. The molecule has 20 heavy (non-hydrogen) atoms. The summed E-state index contributed by atoms with van der Waals surface area (Å²) < 4.78 is 27.9. The maximum atomic E-state index is 11.8. The minimum Gasteiger partial charge on any atom is -0.281 e. The molecule has 112 valence electrons. The van der Waals surface area contributed by atoms with Crippen molar-refractivity contribution in [3.63, 3.8) is 0 Å². The molecule has 0 aromatic heterocycles. The Kier molecular flexibility index (Phi) is 6.16. The fourth-order valence-corrected chi connectivity index (χ4v) is 2.24. The molecule has 0 amide bonds. The second kappa shape index (κ2) is 7.40. The SMILES string of the molecule is CCCCC(C)C(=O)OOS(=O)(=O)c1ccc(C)cc1. The van der Waals surface area contributed by atoms with Crippen molar-refractivity contribution in [1.29, 1.82) is 0 Å². The lowest BCUT2D eigenvalue weighted by Gasteiger charge is -2.09. The van der Waals surface area contributed by atoms with Gasteiger partial charge in [0.25, 0.3) is 0 Å². The molecular formula is C14H20O5S. The van der Waals surface area contributed by atoms with Gasteiger partial charge in [-0.2, -0.15) is 8.42 Å². The first-order valence-electron chi connectivity index (χ1n) is 6.58. The molecule has 0 saturated carbocycles. The van der Waals surface area contributed by atoms with E-state index in [1.807, 2.05) is 13.8 Å². The monoisotopic (exact) mass is 300 g/mol. The van der Waals surface area contributed by atoms with Crippen LogP contribution in [0.3, 0.4) is 0 Å². The molecular weight excluding hydrogens is 280 g/mol. The Morgan fingerprint density at radius 1 is 1.25 bits per heavy atom. The van der Waals surface area contributed by atoms with E-state index in [-0.39, 0.29) is 10.8 Å². The maximum absolute atomic E-state index is 11.8.